The van der Waals surface area contributed by atoms with Crippen molar-refractivity contribution in [3.8, 4) is 0 Å². The molecular formula is C13H18O2Si. The highest BCUT2D eigenvalue weighted by Gasteiger charge is 2.36. The second-order valence-corrected chi connectivity index (χ2v) is 10.4. The lowest BCUT2D eigenvalue weighted by molar-refractivity contribution is -0.116. The summed E-state index contributed by atoms with van der Waals surface area (Å²) in [5.74, 6) is -0.0275. The minimum atomic E-state index is -1.79. The van der Waals surface area contributed by atoms with E-state index in [-0.39, 0.29) is 11.6 Å². The maximum atomic E-state index is 12.2. The van der Waals surface area contributed by atoms with Gasteiger partial charge >= 0.3 is 0 Å². The summed E-state index contributed by atoms with van der Waals surface area (Å²) >= 11 is 0. The van der Waals surface area contributed by atoms with Gasteiger partial charge in [0.1, 0.15) is 5.78 Å². The Balaban J connectivity index is 3.07. The molecule has 0 spiro atoms. The van der Waals surface area contributed by atoms with Crippen LogP contribution >= 0.6 is 0 Å². The molecule has 1 aromatic rings. The third kappa shape index (κ3) is 2.89. The average molecular weight is 234 g/mol. The predicted molar refractivity (Wildman–Crippen MR) is 68.5 cm³/mol. The van der Waals surface area contributed by atoms with Crippen LogP contribution in [0.1, 0.15) is 17.3 Å². The summed E-state index contributed by atoms with van der Waals surface area (Å²) in [7, 11) is -1.79. The number of rotatable bonds is 4. The minimum absolute atomic E-state index is 0.00646. The van der Waals surface area contributed by atoms with Gasteiger partial charge in [-0.2, -0.15) is 0 Å². The maximum Gasteiger partial charge on any atom is 0.170 e. The molecule has 1 aromatic carbocycles. The molecular weight excluding hydrogens is 216 g/mol. The first-order valence-electron chi connectivity index (χ1n) is 5.43. The Labute approximate surface area is 97.7 Å². The van der Waals surface area contributed by atoms with Crippen molar-refractivity contribution < 1.29 is 9.59 Å². The highest BCUT2D eigenvalue weighted by atomic mass is 28.3. The zero-order valence-electron chi connectivity index (χ0n) is 10.3. The lowest BCUT2D eigenvalue weighted by Crippen LogP contribution is -2.38. The van der Waals surface area contributed by atoms with Crippen LogP contribution in [0.15, 0.2) is 30.3 Å². The van der Waals surface area contributed by atoms with Crippen molar-refractivity contribution in [3.05, 3.63) is 35.9 Å². The first-order chi connectivity index (χ1) is 7.34. The van der Waals surface area contributed by atoms with E-state index in [9.17, 15) is 9.59 Å². The maximum absolute atomic E-state index is 12.2. The largest absolute Gasteiger partial charge is 0.300 e. The number of Topliss-reactive ketones (excluding diaryl/α,β-unsaturated/α-hetero) is 2. The smallest absolute Gasteiger partial charge is 0.170 e. The molecule has 0 amide bonds. The Morgan fingerprint density at radius 3 is 1.94 bits per heavy atom. The van der Waals surface area contributed by atoms with Gasteiger partial charge < -0.3 is 0 Å². The monoisotopic (exact) mass is 234 g/mol. The minimum Gasteiger partial charge on any atom is -0.300 e. The number of carbonyl (C=O) groups is 2. The molecule has 0 aromatic heterocycles. The third-order valence-electron chi connectivity index (χ3n) is 2.59. The lowest BCUT2D eigenvalue weighted by Gasteiger charge is -2.25. The van der Waals surface area contributed by atoms with Crippen molar-refractivity contribution in [2.75, 3.05) is 0 Å². The van der Waals surface area contributed by atoms with E-state index in [2.05, 4.69) is 19.6 Å². The Morgan fingerprint density at radius 2 is 1.56 bits per heavy atom. The molecule has 0 saturated carbocycles. The van der Waals surface area contributed by atoms with Crippen LogP contribution in [0, 0.1) is 0 Å². The summed E-state index contributed by atoms with van der Waals surface area (Å²) in [5.41, 5.74) is 0.222. The summed E-state index contributed by atoms with van der Waals surface area (Å²) in [6.45, 7) is 7.68. The Morgan fingerprint density at radius 1 is 1.06 bits per heavy atom. The van der Waals surface area contributed by atoms with Gasteiger partial charge in [0, 0.05) is 5.56 Å². The van der Waals surface area contributed by atoms with Crippen molar-refractivity contribution in [2.45, 2.75) is 32.1 Å². The molecule has 86 valence electrons. The van der Waals surface area contributed by atoms with Crippen LogP contribution in [0.3, 0.4) is 0 Å². The topological polar surface area (TPSA) is 34.1 Å². The van der Waals surface area contributed by atoms with E-state index >= 15 is 0 Å². The summed E-state index contributed by atoms with van der Waals surface area (Å²) in [4.78, 5) is 23.9. The molecule has 1 unspecified atom stereocenters. The average Bonchev–Trinajstić information content (AvgIpc) is 2.16. The van der Waals surface area contributed by atoms with Gasteiger partial charge in [0.25, 0.3) is 0 Å². The van der Waals surface area contributed by atoms with Gasteiger partial charge in [-0.15, -0.1) is 0 Å². The van der Waals surface area contributed by atoms with Crippen LogP contribution in [0.4, 0.5) is 0 Å². The lowest BCUT2D eigenvalue weighted by atomic mass is 10.1. The molecule has 2 nitrogen and oxygen atoms in total. The molecule has 16 heavy (non-hydrogen) atoms. The summed E-state index contributed by atoms with van der Waals surface area (Å²) < 4.78 is 0. The molecule has 0 N–H and O–H groups in total. The fraction of sp³-hybridized carbons (Fsp3) is 0.385. The summed E-state index contributed by atoms with van der Waals surface area (Å²) in [6, 6.07) is 9.08. The highest BCUT2D eigenvalue weighted by Crippen LogP contribution is 2.27. The number of ketones is 2. The van der Waals surface area contributed by atoms with Gasteiger partial charge in [0.15, 0.2) is 5.78 Å². The summed E-state index contributed by atoms with van der Waals surface area (Å²) in [6.07, 6.45) is 0. The number of carbonyl (C=O) groups excluding carboxylic acids is 2. The molecule has 0 saturated heterocycles. The first-order valence-corrected chi connectivity index (χ1v) is 9.01. The molecule has 0 heterocycles. The van der Waals surface area contributed by atoms with Gasteiger partial charge in [-0.1, -0.05) is 50.0 Å². The van der Waals surface area contributed by atoms with E-state index in [1.54, 1.807) is 12.1 Å². The van der Waals surface area contributed by atoms with E-state index in [0.29, 0.717) is 5.56 Å². The van der Waals surface area contributed by atoms with E-state index in [1.807, 2.05) is 18.2 Å². The third-order valence-corrected chi connectivity index (χ3v) is 4.99. The zero-order valence-corrected chi connectivity index (χ0v) is 11.3. The first kappa shape index (κ1) is 12.8. The summed E-state index contributed by atoms with van der Waals surface area (Å²) in [5, 5.41) is 0. The molecule has 0 aliphatic rings. The van der Waals surface area contributed by atoms with Crippen LogP contribution in [0.25, 0.3) is 0 Å². The molecule has 3 heteroatoms. The fourth-order valence-electron chi connectivity index (χ4n) is 1.96. The van der Waals surface area contributed by atoms with Crippen LogP contribution in [-0.2, 0) is 4.79 Å². The van der Waals surface area contributed by atoms with E-state index < -0.39 is 13.6 Å². The standard InChI is InChI=1S/C13H18O2Si/c1-10(14)13(16(2,3)4)12(15)11-8-6-5-7-9-11/h5-9,13H,1-4H3. The SMILES string of the molecule is CC(=O)C(C(=O)c1ccccc1)[Si](C)(C)C. The molecule has 1 atom stereocenters. The van der Waals surface area contributed by atoms with Crippen molar-refractivity contribution in [1.82, 2.24) is 0 Å². The van der Waals surface area contributed by atoms with Gasteiger partial charge in [-0.05, 0) is 6.92 Å². The second-order valence-electron chi connectivity index (χ2n) is 5.14. The normalized spacial score (nSPS) is 13.2. The quantitative estimate of drug-likeness (QED) is 0.455. The van der Waals surface area contributed by atoms with Crippen LogP contribution in [-0.4, -0.2) is 19.6 Å². The van der Waals surface area contributed by atoms with Crippen molar-refractivity contribution in [2.24, 2.45) is 0 Å². The molecule has 0 aliphatic heterocycles. The molecule has 0 fully saturated rings. The van der Waals surface area contributed by atoms with Crippen LogP contribution in [0.2, 0.25) is 25.2 Å². The zero-order chi connectivity index (χ0) is 12.3. The number of hydrogen-bond donors (Lipinski definition) is 0. The Bertz CT molecular complexity index is 390. The van der Waals surface area contributed by atoms with Crippen molar-refractivity contribution in [1.29, 1.82) is 0 Å². The van der Waals surface area contributed by atoms with E-state index in [1.165, 1.54) is 6.92 Å². The number of benzene rings is 1. The van der Waals surface area contributed by atoms with Gasteiger partial charge in [-0.25, -0.2) is 0 Å². The predicted octanol–water partition coefficient (Wildman–Crippen LogP) is 3.17. The van der Waals surface area contributed by atoms with Crippen LogP contribution < -0.4 is 0 Å². The molecule has 0 aliphatic carbocycles. The van der Waals surface area contributed by atoms with Crippen LogP contribution in [0.5, 0.6) is 0 Å². The molecule has 0 radical (unpaired) electrons. The highest BCUT2D eigenvalue weighted by molar-refractivity contribution is 6.84. The molecule has 0 bridgehead atoms. The molecule has 1 rings (SSSR count). The van der Waals surface area contributed by atoms with Gasteiger partial charge in [0.05, 0.1) is 13.6 Å². The second kappa shape index (κ2) is 4.74. The van der Waals surface area contributed by atoms with Crippen molar-refractivity contribution in [3.63, 3.8) is 0 Å². The Kier molecular flexibility index (Phi) is 3.81. The van der Waals surface area contributed by atoms with Crippen molar-refractivity contribution >= 4 is 19.6 Å². The fourth-order valence-corrected chi connectivity index (χ4v) is 4.13. The number of hydrogen-bond acceptors (Lipinski definition) is 2. The Hall–Kier alpha value is -1.22. The van der Waals surface area contributed by atoms with Gasteiger partial charge in [-0.3, -0.25) is 9.59 Å². The van der Waals surface area contributed by atoms with E-state index in [0.717, 1.165) is 0 Å². The van der Waals surface area contributed by atoms with E-state index in [4.69, 9.17) is 0 Å². The van der Waals surface area contributed by atoms with Gasteiger partial charge in [0.2, 0.25) is 0 Å².